The average Bonchev–Trinajstić information content (AvgIpc) is 2.60. The SMILES string of the molecule is CCS(=O)(=O)Nc1nn(C(C)C)cc1C#N. The lowest BCUT2D eigenvalue weighted by Crippen LogP contribution is -2.16. The number of hydrogen-bond acceptors (Lipinski definition) is 4. The predicted octanol–water partition coefficient (Wildman–Crippen LogP) is 1.10. The standard InChI is InChI=1S/C9H14N4O2S/c1-4-16(14,15)12-9-8(5-10)6-13(11-9)7(2)3/h6-7H,4H2,1-3H3,(H,11,12). The van der Waals surface area contributed by atoms with Crippen LogP contribution in [-0.4, -0.2) is 24.0 Å². The van der Waals surface area contributed by atoms with E-state index in [4.69, 9.17) is 5.26 Å². The lowest BCUT2D eigenvalue weighted by Gasteiger charge is -2.04. The van der Waals surface area contributed by atoms with Crippen molar-refractivity contribution in [3.63, 3.8) is 0 Å². The van der Waals surface area contributed by atoms with E-state index >= 15 is 0 Å². The monoisotopic (exact) mass is 242 g/mol. The van der Waals surface area contributed by atoms with E-state index in [2.05, 4.69) is 9.82 Å². The fourth-order valence-corrected chi connectivity index (χ4v) is 1.62. The second kappa shape index (κ2) is 4.53. The zero-order valence-corrected chi connectivity index (χ0v) is 10.2. The third-order valence-corrected chi connectivity index (χ3v) is 3.28. The van der Waals surface area contributed by atoms with E-state index < -0.39 is 10.0 Å². The van der Waals surface area contributed by atoms with E-state index in [1.165, 1.54) is 13.1 Å². The van der Waals surface area contributed by atoms with Gasteiger partial charge < -0.3 is 0 Å². The van der Waals surface area contributed by atoms with Crippen LogP contribution in [0.4, 0.5) is 5.82 Å². The van der Waals surface area contributed by atoms with Crippen molar-refractivity contribution in [2.45, 2.75) is 26.8 Å². The van der Waals surface area contributed by atoms with Crippen molar-refractivity contribution >= 4 is 15.8 Å². The number of sulfonamides is 1. The van der Waals surface area contributed by atoms with Crippen molar-refractivity contribution in [1.29, 1.82) is 5.26 Å². The van der Waals surface area contributed by atoms with E-state index in [-0.39, 0.29) is 23.2 Å². The van der Waals surface area contributed by atoms with Crippen molar-refractivity contribution in [3.05, 3.63) is 11.8 Å². The summed E-state index contributed by atoms with van der Waals surface area (Å²) in [5.41, 5.74) is 0.228. The average molecular weight is 242 g/mol. The van der Waals surface area contributed by atoms with Crippen molar-refractivity contribution in [3.8, 4) is 6.07 Å². The van der Waals surface area contributed by atoms with Crippen molar-refractivity contribution in [2.75, 3.05) is 10.5 Å². The lowest BCUT2D eigenvalue weighted by atomic mass is 10.3. The zero-order valence-electron chi connectivity index (χ0n) is 9.43. The summed E-state index contributed by atoms with van der Waals surface area (Å²) in [6.07, 6.45) is 1.53. The Bertz CT molecular complexity index is 510. The molecule has 0 aliphatic carbocycles. The minimum Gasteiger partial charge on any atom is -0.267 e. The van der Waals surface area contributed by atoms with E-state index in [0.717, 1.165) is 0 Å². The largest absolute Gasteiger partial charge is 0.267 e. The van der Waals surface area contributed by atoms with Crippen LogP contribution >= 0.6 is 0 Å². The van der Waals surface area contributed by atoms with Gasteiger partial charge in [0.05, 0.1) is 5.75 Å². The number of nitrogens with zero attached hydrogens (tertiary/aromatic N) is 3. The first-order valence-electron chi connectivity index (χ1n) is 4.89. The Balaban J connectivity index is 3.10. The molecule has 7 heteroatoms. The first-order chi connectivity index (χ1) is 7.39. The third-order valence-electron chi connectivity index (χ3n) is 2.01. The molecule has 1 heterocycles. The van der Waals surface area contributed by atoms with Crippen molar-refractivity contribution in [2.24, 2.45) is 0 Å². The molecular weight excluding hydrogens is 228 g/mol. The molecule has 0 atom stereocenters. The quantitative estimate of drug-likeness (QED) is 0.856. The number of aromatic nitrogens is 2. The molecule has 1 N–H and O–H groups in total. The first-order valence-corrected chi connectivity index (χ1v) is 6.54. The Morgan fingerprint density at radius 3 is 2.69 bits per heavy atom. The van der Waals surface area contributed by atoms with Crippen molar-refractivity contribution in [1.82, 2.24) is 9.78 Å². The molecule has 88 valence electrons. The minimum absolute atomic E-state index is 0.0492. The van der Waals surface area contributed by atoms with Gasteiger partial charge in [0.1, 0.15) is 11.6 Å². The molecule has 1 rings (SSSR count). The maximum Gasteiger partial charge on any atom is 0.233 e. The molecule has 6 nitrogen and oxygen atoms in total. The van der Waals surface area contributed by atoms with Gasteiger partial charge in [0, 0.05) is 12.2 Å². The van der Waals surface area contributed by atoms with Gasteiger partial charge in [0.25, 0.3) is 0 Å². The smallest absolute Gasteiger partial charge is 0.233 e. The molecule has 1 aromatic heterocycles. The Kier molecular flexibility index (Phi) is 3.55. The van der Waals surface area contributed by atoms with Gasteiger partial charge >= 0.3 is 0 Å². The van der Waals surface area contributed by atoms with Gasteiger partial charge in [-0.1, -0.05) is 0 Å². The summed E-state index contributed by atoms with van der Waals surface area (Å²) in [7, 11) is -3.39. The van der Waals surface area contributed by atoms with Crippen LogP contribution in [-0.2, 0) is 10.0 Å². The van der Waals surface area contributed by atoms with Crippen LogP contribution in [0.3, 0.4) is 0 Å². The van der Waals surface area contributed by atoms with Gasteiger partial charge in [-0.15, -0.1) is 0 Å². The number of anilines is 1. The van der Waals surface area contributed by atoms with E-state index in [1.807, 2.05) is 19.9 Å². The van der Waals surface area contributed by atoms with Gasteiger partial charge in [-0.05, 0) is 20.8 Å². The maximum absolute atomic E-state index is 11.3. The van der Waals surface area contributed by atoms with Crippen LogP contribution in [0.5, 0.6) is 0 Å². The predicted molar refractivity (Wildman–Crippen MR) is 60.4 cm³/mol. The fraction of sp³-hybridized carbons (Fsp3) is 0.556. The third kappa shape index (κ3) is 2.73. The van der Waals surface area contributed by atoms with Gasteiger partial charge in [-0.25, -0.2) is 8.42 Å². The number of hydrogen-bond donors (Lipinski definition) is 1. The molecular formula is C9H14N4O2S. The minimum atomic E-state index is -3.39. The van der Waals surface area contributed by atoms with Gasteiger partial charge in [-0.2, -0.15) is 10.4 Å². The van der Waals surface area contributed by atoms with Gasteiger partial charge in [0.15, 0.2) is 5.82 Å². The summed E-state index contributed by atoms with van der Waals surface area (Å²) in [6, 6.07) is 1.98. The maximum atomic E-state index is 11.3. The van der Waals surface area contributed by atoms with Crippen molar-refractivity contribution < 1.29 is 8.42 Å². The number of nitrogens with one attached hydrogen (secondary N) is 1. The Morgan fingerprint density at radius 1 is 1.62 bits per heavy atom. The summed E-state index contributed by atoms with van der Waals surface area (Å²) >= 11 is 0. The summed E-state index contributed by atoms with van der Waals surface area (Å²) < 4.78 is 26.5. The Morgan fingerprint density at radius 2 is 2.25 bits per heavy atom. The van der Waals surface area contributed by atoms with Crippen LogP contribution in [0.25, 0.3) is 0 Å². The molecule has 1 aromatic rings. The fourth-order valence-electron chi connectivity index (χ4n) is 1.03. The highest BCUT2D eigenvalue weighted by atomic mass is 32.2. The highest BCUT2D eigenvalue weighted by Crippen LogP contribution is 2.16. The molecule has 0 aliphatic rings. The molecule has 0 fully saturated rings. The van der Waals surface area contributed by atoms with E-state index in [1.54, 1.807) is 4.68 Å². The van der Waals surface area contributed by atoms with Crippen LogP contribution in [0.15, 0.2) is 6.20 Å². The van der Waals surface area contributed by atoms with E-state index in [0.29, 0.717) is 0 Å². The first kappa shape index (κ1) is 12.5. The summed E-state index contributed by atoms with van der Waals surface area (Å²) in [5.74, 6) is 0.0462. The highest BCUT2D eigenvalue weighted by Gasteiger charge is 2.15. The van der Waals surface area contributed by atoms with Crippen LogP contribution in [0.2, 0.25) is 0 Å². The molecule has 0 radical (unpaired) electrons. The van der Waals surface area contributed by atoms with Crippen LogP contribution < -0.4 is 4.72 Å². The molecule has 0 bridgehead atoms. The molecule has 16 heavy (non-hydrogen) atoms. The summed E-state index contributed by atoms with van der Waals surface area (Å²) in [4.78, 5) is 0. The Hall–Kier alpha value is -1.55. The number of rotatable bonds is 4. The van der Waals surface area contributed by atoms with Crippen LogP contribution in [0.1, 0.15) is 32.4 Å². The van der Waals surface area contributed by atoms with Crippen LogP contribution in [0, 0.1) is 11.3 Å². The Labute approximate surface area is 94.9 Å². The second-order valence-electron chi connectivity index (χ2n) is 3.58. The number of nitriles is 1. The molecule has 0 saturated heterocycles. The highest BCUT2D eigenvalue weighted by molar-refractivity contribution is 7.92. The normalized spacial score (nSPS) is 11.4. The molecule has 0 unspecified atom stereocenters. The molecule has 0 amide bonds. The molecule has 0 aliphatic heterocycles. The van der Waals surface area contributed by atoms with E-state index in [9.17, 15) is 8.42 Å². The topological polar surface area (TPSA) is 87.8 Å². The van der Waals surface area contributed by atoms with Gasteiger partial charge in [-0.3, -0.25) is 9.40 Å². The zero-order chi connectivity index (χ0) is 12.3. The van der Waals surface area contributed by atoms with Gasteiger partial charge in [0.2, 0.25) is 10.0 Å². The second-order valence-corrected chi connectivity index (χ2v) is 5.59. The lowest BCUT2D eigenvalue weighted by molar-refractivity contribution is 0.534. The molecule has 0 spiro atoms. The molecule has 0 aromatic carbocycles. The summed E-state index contributed by atoms with van der Waals surface area (Å²) in [6.45, 7) is 5.31. The molecule has 0 saturated carbocycles. The summed E-state index contributed by atoms with van der Waals surface area (Å²) in [5, 5.41) is 12.9.